The number of benzene rings is 1. The van der Waals surface area contributed by atoms with Gasteiger partial charge in [0, 0.05) is 31.9 Å². The van der Waals surface area contributed by atoms with Crippen molar-refractivity contribution >= 4 is 29.1 Å². The zero-order valence-electron chi connectivity index (χ0n) is 15.7. The van der Waals surface area contributed by atoms with E-state index in [1.807, 2.05) is 30.3 Å². The van der Waals surface area contributed by atoms with Crippen LogP contribution in [-0.4, -0.2) is 28.2 Å². The van der Waals surface area contributed by atoms with Crippen LogP contribution >= 0.6 is 11.6 Å². The van der Waals surface area contributed by atoms with E-state index in [2.05, 4.69) is 4.98 Å². The van der Waals surface area contributed by atoms with E-state index in [9.17, 15) is 9.59 Å². The number of hydrogen-bond donors (Lipinski definition) is 0. The molecule has 0 saturated carbocycles. The molecule has 1 atom stereocenters. The van der Waals surface area contributed by atoms with Crippen molar-refractivity contribution in [2.45, 2.75) is 19.5 Å². The molecule has 0 spiro atoms. The lowest BCUT2D eigenvalue weighted by Gasteiger charge is -2.25. The summed E-state index contributed by atoms with van der Waals surface area (Å²) in [7, 11) is 0. The average Bonchev–Trinajstić information content (AvgIpc) is 3.38. The molecule has 3 aromatic rings. The van der Waals surface area contributed by atoms with Gasteiger partial charge in [-0.2, -0.15) is 0 Å². The first-order chi connectivity index (χ1) is 14.1. The Balaban J connectivity index is 1.54. The third-order valence-electron chi connectivity index (χ3n) is 4.95. The SMILES string of the molecule is O=C(C1CC(=O)N(c2ccccc2Cl)C1)N(Cc1cccnc1)Cc1ccco1. The Morgan fingerprint density at radius 2 is 2.03 bits per heavy atom. The molecule has 29 heavy (non-hydrogen) atoms. The van der Waals surface area contributed by atoms with Gasteiger partial charge in [-0.15, -0.1) is 0 Å². The molecule has 6 nitrogen and oxygen atoms in total. The molecule has 1 aliphatic rings. The normalized spacial score (nSPS) is 16.2. The van der Waals surface area contributed by atoms with Crippen LogP contribution in [0.5, 0.6) is 0 Å². The second-order valence-corrected chi connectivity index (χ2v) is 7.40. The highest BCUT2D eigenvalue weighted by Crippen LogP contribution is 2.32. The van der Waals surface area contributed by atoms with Crippen molar-refractivity contribution in [3.05, 3.63) is 83.5 Å². The van der Waals surface area contributed by atoms with Gasteiger partial charge in [0.2, 0.25) is 11.8 Å². The number of amides is 2. The number of carbonyl (C=O) groups excluding carboxylic acids is 2. The van der Waals surface area contributed by atoms with Crippen LogP contribution in [0, 0.1) is 5.92 Å². The summed E-state index contributed by atoms with van der Waals surface area (Å²) >= 11 is 6.25. The lowest BCUT2D eigenvalue weighted by molar-refractivity contribution is -0.137. The highest BCUT2D eigenvalue weighted by atomic mass is 35.5. The molecule has 1 fully saturated rings. The lowest BCUT2D eigenvalue weighted by Crippen LogP contribution is -2.36. The number of pyridine rings is 1. The topological polar surface area (TPSA) is 66.7 Å². The number of halogens is 1. The highest BCUT2D eigenvalue weighted by molar-refractivity contribution is 6.33. The maximum absolute atomic E-state index is 13.3. The molecule has 0 bridgehead atoms. The van der Waals surface area contributed by atoms with Crippen molar-refractivity contribution in [1.29, 1.82) is 0 Å². The summed E-state index contributed by atoms with van der Waals surface area (Å²) in [4.78, 5) is 33.4. The van der Waals surface area contributed by atoms with Gasteiger partial charge in [0.15, 0.2) is 0 Å². The zero-order valence-corrected chi connectivity index (χ0v) is 16.5. The Hall–Kier alpha value is -3.12. The van der Waals surface area contributed by atoms with Crippen LogP contribution in [0.25, 0.3) is 0 Å². The molecule has 0 aliphatic carbocycles. The van der Waals surface area contributed by atoms with E-state index >= 15 is 0 Å². The second kappa shape index (κ2) is 8.49. The van der Waals surface area contributed by atoms with Crippen molar-refractivity contribution in [3.63, 3.8) is 0 Å². The summed E-state index contributed by atoms with van der Waals surface area (Å²) < 4.78 is 5.44. The smallest absolute Gasteiger partial charge is 0.228 e. The maximum Gasteiger partial charge on any atom is 0.228 e. The number of para-hydroxylation sites is 1. The monoisotopic (exact) mass is 409 g/mol. The van der Waals surface area contributed by atoms with Crippen LogP contribution in [0.2, 0.25) is 5.02 Å². The number of aromatic nitrogens is 1. The van der Waals surface area contributed by atoms with Crippen LogP contribution in [0.1, 0.15) is 17.7 Å². The van der Waals surface area contributed by atoms with Gasteiger partial charge in [-0.1, -0.05) is 29.8 Å². The maximum atomic E-state index is 13.3. The first-order valence-corrected chi connectivity index (χ1v) is 9.74. The predicted octanol–water partition coefficient (Wildman–Crippen LogP) is 3.91. The molecule has 1 aromatic carbocycles. The first kappa shape index (κ1) is 19.2. The van der Waals surface area contributed by atoms with Gasteiger partial charge in [-0.3, -0.25) is 14.6 Å². The number of rotatable bonds is 6. The summed E-state index contributed by atoms with van der Waals surface area (Å²) in [6.45, 7) is 1.03. The van der Waals surface area contributed by atoms with Gasteiger partial charge in [0.25, 0.3) is 0 Å². The zero-order chi connectivity index (χ0) is 20.2. The third kappa shape index (κ3) is 4.32. The number of nitrogens with zero attached hydrogens (tertiary/aromatic N) is 3. The summed E-state index contributed by atoms with van der Waals surface area (Å²) in [5.41, 5.74) is 1.55. The Kier molecular flexibility index (Phi) is 5.62. The van der Waals surface area contributed by atoms with E-state index in [0.29, 0.717) is 36.1 Å². The summed E-state index contributed by atoms with van der Waals surface area (Å²) in [6, 6.07) is 14.6. The minimum Gasteiger partial charge on any atom is -0.467 e. The lowest BCUT2D eigenvalue weighted by atomic mass is 10.1. The Bertz CT molecular complexity index is 992. The molecule has 4 rings (SSSR count). The van der Waals surface area contributed by atoms with Crippen molar-refractivity contribution in [2.24, 2.45) is 5.92 Å². The fourth-order valence-corrected chi connectivity index (χ4v) is 3.79. The molecule has 2 aromatic heterocycles. The molecule has 2 amide bonds. The number of anilines is 1. The number of hydrogen-bond acceptors (Lipinski definition) is 4. The summed E-state index contributed by atoms with van der Waals surface area (Å²) in [5, 5.41) is 0.497. The third-order valence-corrected chi connectivity index (χ3v) is 5.27. The Labute approximate surface area is 173 Å². The van der Waals surface area contributed by atoms with E-state index in [1.165, 1.54) is 0 Å². The van der Waals surface area contributed by atoms with E-state index in [4.69, 9.17) is 16.0 Å². The van der Waals surface area contributed by atoms with Gasteiger partial charge in [-0.25, -0.2) is 0 Å². The molecule has 1 saturated heterocycles. The van der Waals surface area contributed by atoms with E-state index < -0.39 is 5.92 Å². The minimum absolute atomic E-state index is 0.0897. The quantitative estimate of drug-likeness (QED) is 0.619. The van der Waals surface area contributed by atoms with Crippen molar-refractivity contribution in [2.75, 3.05) is 11.4 Å². The Morgan fingerprint density at radius 3 is 2.76 bits per heavy atom. The van der Waals surface area contributed by atoms with Crippen molar-refractivity contribution in [1.82, 2.24) is 9.88 Å². The molecule has 1 aliphatic heterocycles. The largest absolute Gasteiger partial charge is 0.467 e. The highest BCUT2D eigenvalue weighted by Gasteiger charge is 2.38. The van der Waals surface area contributed by atoms with Crippen LogP contribution < -0.4 is 4.90 Å². The van der Waals surface area contributed by atoms with Crippen molar-refractivity contribution in [3.8, 4) is 0 Å². The molecule has 148 valence electrons. The summed E-state index contributed by atoms with van der Waals surface area (Å²) in [5.74, 6) is 0.0591. The number of furan rings is 1. The number of carbonyl (C=O) groups is 2. The fraction of sp³-hybridized carbons (Fsp3) is 0.227. The van der Waals surface area contributed by atoms with Gasteiger partial charge in [-0.05, 0) is 35.9 Å². The van der Waals surface area contributed by atoms with Gasteiger partial charge < -0.3 is 14.2 Å². The molecular formula is C22H20ClN3O3. The van der Waals surface area contributed by atoms with E-state index in [0.717, 1.165) is 5.56 Å². The van der Waals surface area contributed by atoms with E-state index in [-0.39, 0.29) is 18.2 Å². The first-order valence-electron chi connectivity index (χ1n) is 9.37. The van der Waals surface area contributed by atoms with Crippen molar-refractivity contribution < 1.29 is 14.0 Å². The molecule has 1 unspecified atom stereocenters. The molecule has 0 N–H and O–H groups in total. The van der Waals surface area contributed by atoms with E-state index in [1.54, 1.807) is 46.7 Å². The molecule has 7 heteroatoms. The minimum atomic E-state index is -0.439. The van der Waals surface area contributed by atoms with Crippen LogP contribution in [0.15, 0.2) is 71.6 Å². The standard InChI is InChI=1S/C22H20ClN3O3/c23-19-7-1-2-8-20(19)26-14-17(11-21(26)27)22(28)25(15-18-6-4-10-29-18)13-16-5-3-9-24-12-16/h1-10,12,17H,11,13-15H2. The van der Waals surface area contributed by atoms with Gasteiger partial charge >= 0.3 is 0 Å². The Morgan fingerprint density at radius 1 is 1.17 bits per heavy atom. The predicted molar refractivity (Wildman–Crippen MR) is 109 cm³/mol. The van der Waals surface area contributed by atoms with Gasteiger partial charge in [0.05, 0.1) is 29.4 Å². The molecular weight excluding hydrogens is 390 g/mol. The molecule has 3 heterocycles. The second-order valence-electron chi connectivity index (χ2n) is 6.99. The van der Waals surface area contributed by atoms with Crippen LogP contribution in [-0.2, 0) is 22.7 Å². The van der Waals surface area contributed by atoms with Gasteiger partial charge in [0.1, 0.15) is 5.76 Å². The van der Waals surface area contributed by atoms with Crippen LogP contribution in [0.4, 0.5) is 5.69 Å². The summed E-state index contributed by atoms with van der Waals surface area (Å²) in [6.07, 6.45) is 5.17. The average molecular weight is 410 g/mol. The van der Waals surface area contributed by atoms with Crippen LogP contribution in [0.3, 0.4) is 0 Å². The fourth-order valence-electron chi connectivity index (χ4n) is 3.55. The molecule has 0 radical (unpaired) electrons.